The molecule has 4 rings (SSSR count). The highest BCUT2D eigenvalue weighted by atomic mass is 19.2. The molecule has 0 fully saturated rings. The molecule has 0 unspecified atom stereocenters. The molecule has 0 aliphatic rings. The number of halogens is 13. The highest BCUT2D eigenvalue weighted by Gasteiger charge is 2.41. The standard InChI is InChI=1S/C22H4BF13O2/c24-6-2-1-5-9(11(6)26)14(29)17(32)21(36)22(5)38-23(37-8-4-3-7(25)12(27)13(8)28)10-15(30)18(33)20(35)19(34)16(10)31/h1-4H. The molecule has 198 valence electrons. The van der Waals surface area contributed by atoms with Gasteiger partial charge < -0.3 is 9.31 Å². The predicted octanol–water partition coefficient (Wildman–Crippen LogP) is 6.50. The van der Waals surface area contributed by atoms with E-state index in [9.17, 15) is 57.1 Å². The lowest BCUT2D eigenvalue weighted by molar-refractivity contribution is 0.361. The zero-order chi connectivity index (χ0) is 28.2. The lowest BCUT2D eigenvalue weighted by atomic mass is 9.77. The van der Waals surface area contributed by atoms with Crippen LogP contribution in [0.2, 0.25) is 0 Å². The number of hydrogen-bond acceptors (Lipinski definition) is 2. The van der Waals surface area contributed by atoms with Crippen LogP contribution in [0.25, 0.3) is 10.8 Å². The lowest BCUT2D eigenvalue weighted by Crippen LogP contribution is -2.48. The van der Waals surface area contributed by atoms with Crippen LogP contribution < -0.4 is 14.8 Å². The molecule has 0 bridgehead atoms. The van der Waals surface area contributed by atoms with Crippen molar-refractivity contribution in [2.24, 2.45) is 0 Å². The third-order valence-electron chi connectivity index (χ3n) is 5.08. The summed E-state index contributed by atoms with van der Waals surface area (Å²) in [4.78, 5) is 0. The number of benzene rings is 4. The van der Waals surface area contributed by atoms with Crippen molar-refractivity contribution in [2.75, 3.05) is 0 Å². The van der Waals surface area contributed by atoms with Crippen molar-refractivity contribution in [2.45, 2.75) is 0 Å². The molecule has 0 amide bonds. The minimum Gasteiger partial charge on any atom is -0.520 e. The molecule has 0 heterocycles. The molecule has 4 aromatic carbocycles. The molecule has 0 saturated heterocycles. The third kappa shape index (κ3) is 4.13. The maximum absolute atomic E-state index is 14.7. The van der Waals surface area contributed by atoms with Crippen LogP contribution >= 0.6 is 0 Å². The molecule has 0 N–H and O–H groups in total. The summed E-state index contributed by atoms with van der Waals surface area (Å²) < 4.78 is 192. The van der Waals surface area contributed by atoms with Gasteiger partial charge in [-0.15, -0.1) is 0 Å². The molecule has 0 aliphatic heterocycles. The minimum absolute atomic E-state index is 0.190. The van der Waals surface area contributed by atoms with E-state index in [1.807, 2.05) is 0 Å². The quantitative estimate of drug-likeness (QED) is 0.121. The van der Waals surface area contributed by atoms with Crippen molar-refractivity contribution in [3.05, 3.63) is 99.9 Å². The van der Waals surface area contributed by atoms with Gasteiger partial charge in [0.25, 0.3) is 0 Å². The first-order valence-electron chi connectivity index (χ1n) is 9.70. The second-order valence-electron chi connectivity index (χ2n) is 7.28. The minimum atomic E-state index is -3.25. The zero-order valence-corrected chi connectivity index (χ0v) is 17.6. The van der Waals surface area contributed by atoms with Crippen molar-refractivity contribution in [1.82, 2.24) is 0 Å². The van der Waals surface area contributed by atoms with Crippen LogP contribution in [0.4, 0.5) is 57.1 Å². The Labute approximate surface area is 201 Å². The van der Waals surface area contributed by atoms with Gasteiger partial charge >= 0.3 is 7.12 Å². The van der Waals surface area contributed by atoms with Crippen LogP contribution in [-0.4, -0.2) is 7.12 Å². The molecule has 38 heavy (non-hydrogen) atoms. The average Bonchev–Trinajstić information content (AvgIpc) is 2.89. The molecular formula is C22H4BF13O2. The average molecular weight is 558 g/mol. The molecule has 0 aliphatic carbocycles. The molecule has 0 atom stereocenters. The van der Waals surface area contributed by atoms with Gasteiger partial charge in [0.2, 0.25) is 11.6 Å². The third-order valence-corrected chi connectivity index (χ3v) is 5.08. The van der Waals surface area contributed by atoms with E-state index in [-0.39, 0.29) is 18.2 Å². The fraction of sp³-hybridized carbons (Fsp3) is 0. The SMILES string of the molecule is Fc1ccc(OB(Oc2c(F)c(F)c(F)c3c(F)c(F)ccc23)c2c(F)c(F)c(F)c(F)c2F)c(F)c1F. The predicted molar refractivity (Wildman–Crippen MR) is 103 cm³/mol. The van der Waals surface area contributed by atoms with Gasteiger partial charge in [-0.3, -0.25) is 0 Å². The highest BCUT2D eigenvalue weighted by molar-refractivity contribution is 6.63. The van der Waals surface area contributed by atoms with Gasteiger partial charge in [0.15, 0.2) is 64.0 Å². The second kappa shape index (κ2) is 9.65. The molecule has 16 heteroatoms. The summed E-state index contributed by atoms with van der Waals surface area (Å²) in [6.45, 7) is 0. The van der Waals surface area contributed by atoms with E-state index >= 15 is 0 Å². The van der Waals surface area contributed by atoms with E-state index in [4.69, 9.17) is 4.65 Å². The Morgan fingerprint density at radius 3 is 1.53 bits per heavy atom. The van der Waals surface area contributed by atoms with Crippen LogP contribution in [0.5, 0.6) is 11.5 Å². The molecule has 2 nitrogen and oxygen atoms in total. The maximum Gasteiger partial charge on any atom is 0.639 e. The first kappa shape index (κ1) is 26.9. The normalized spacial score (nSPS) is 11.3. The second-order valence-corrected chi connectivity index (χ2v) is 7.28. The Morgan fingerprint density at radius 1 is 0.421 bits per heavy atom. The first-order valence-corrected chi connectivity index (χ1v) is 9.70. The number of rotatable bonds is 5. The fourth-order valence-electron chi connectivity index (χ4n) is 3.29. The zero-order valence-electron chi connectivity index (χ0n) is 17.6. The highest BCUT2D eigenvalue weighted by Crippen LogP contribution is 2.37. The van der Waals surface area contributed by atoms with Crippen LogP contribution in [-0.2, 0) is 0 Å². The van der Waals surface area contributed by atoms with Crippen LogP contribution in [0.1, 0.15) is 0 Å². The topological polar surface area (TPSA) is 18.5 Å². The smallest absolute Gasteiger partial charge is 0.520 e. The Kier molecular flexibility index (Phi) is 6.84. The van der Waals surface area contributed by atoms with Crippen molar-refractivity contribution in [1.29, 1.82) is 0 Å². The van der Waals surface area contributed by atoms with Crippen molar-refractivity contribution in [3.8, 4) is 11.5 Å². The van der Waals surface area contributed by atoms with Gasteiger partial charge in [0, 0.05) is 5.39 Å². The van der Waals surface area contributed by atoms with Crippen molar-refractivity contribution >= 4 is 23.4 Å². The Hall–Kier alpha value is -4.11. The summed E-state index contributed by atoms with van der Waals surface area (Å²) in [6.07, 6.45) is 0. The van der Waals surface area contributed by atoms with Crippen LogP contribution in [0, 0.1) is 75.6 Å². The summed E-state index contributed by atoms with van der Waals surface area (Å²) in [5.74, 6) is -34.1. The van der Waals surface area contributed by atoms with Gasteiger partial charge in [-0.1, -0.05) is 0 Å². The summed E-state index contributed by atoms with van der Waals surface area (Å²) in [5.41, 5.74) is -2.13. The molecule has 4 aromatic rings. The van der Waals surface area contributed by atoms with E-state index < -0.39 is 110 Å². The van der Waals surface area contributed by atoms with Crippen LogP contribution in [0.3, 0.4) is 0 Å². The van der Waals surface area contributed by atoms with E-state index in [1.165, 1.54) is 0 Å². The van der Waals surface area contributed by atoms with E-state index in [0.717, 1.165) is 0 Å². The van der Waals surface area contributed by atoms with Gasteiger partial charge in [-0.05, 0) is 24.3 Å². The Morgan fingerprint density at radius 2 is 0.921 bits per heavy atom. The largest absolute Gasteiger partial charge is 0.639 e. The Bertz CT molecular complexity index is 1600. The van der Waals surface area contributed by atoms with E-state index in [0.29, 0.717) is 6.07 Å². The fourth-order valence-corrected chi connectivity index (χ4v) is 3.29. The summed E-state index contributed by atoms with van der Waals surface area (Å²) >= 11 is 0. The van der Waals surface area contributed by atoms with Crippen molar-refractivity contribution < 1.29 is 66.4 Å². The summed E-state index contributed by atoms with van der Waals surface area (Å²) in [6, 6.07) is 1.06. The van der Waals surface area contributed by atoms with E-state index in [1.54, 1.807) is 0 Å². The Balaban J connectivity index is 2.01. The summed E-state index contributed by atoms with van der Waals surface area (Å²) in [7, 11) is -3.25. The van der Waals surface area contributed by atoms with Gasteiger partial charge in [-0.2, -0.15) is 8.78 Å². The lowest BCUT2D eigenvalue weighted by Gasteiger charge is -2.21. The molecule has 0 spiro atoms. The van der Waals surface area contributed by atoms with Crippen LogP contribution in [0.15, 0.2) is 24.3 Å². The molecule has 0 aromatic heterocycles. The van der Waals surface area contributed by atoms with Gasteiger partial charge in [0.05, 0.1) is 10.8 Å². The van der Waals surface area contributed by atoms with Gasteiger partial charge in [-0.25, -0.2) is 48.3 Å². The first-order chi connectivity index (χ1) is 17.8. The number of fused-ring (bicyclic) bond motifs is 1. The van der Waals surface area contributed by atoms with Gasteiger partial charge in [0.1, 0.15) is 11.5 Å². The monoisotopic (exact) mass is 558 g/mol. The molecule has 0 saturated carbocycles. The van der Waals surface area contributed by atoms with E-state index in [2.05, 4.69) is 4.65 Å². The maximum atomic E-state index is 14.7. The summed E-state index contributed by atoms with van der Waals surface area (Å²) in [5, 5.41) is -2.81. The molecule has 0 radical (unpaired) electrons. The van der Waals surface area contributed by atoms with Crippen molar-refractivity contribution in [3.63, 3.8) is 0 Å². The number of hydrogen-bond donors (Lipinski definition) is 0. The molecular weight excluding hydrogens is 554 g/mol.